The van der Waals surface area contributed by atoms with Crippen molar-refractivity contribution in [1.82, 2.24) is 14.5 Å². The second kappa shape index (κ2) is 11.4. The van der Waals surface area contributed by atoms with Crippen molar-refractivity contribution in [2.24, 2.45) is 0 Å². The number of fused-ring (bicyclic) bond motifs is 1. The van der Waals surface area contributed by atoms with Gasteiger partial charge in [0.25, 0.3) is 0 Å². The Morgan fingerprint density at radius 1 is 0.973 bits per heavy atom. The molecule has 0 saturated carbocycles. The topological polar surface area (TPSA) is 47.4 Å². The maximum Gasteiger partial charge on any atom is 0.223 e. The highest BCUT2D eigenvalue weighted by atomic mass is 35.5. The van der Waals surface area contributed by atoms with E-state index in [2.05, 4.69) is 47.0 Å². The fraction of sp³-hybridized carbons (Fsp3) is 0.355. The van der Waals surface area contributed by atoms with E-state index in [1.807, 2.05) is 43.0 Å². The number of carbonyl (C=O) groups is 1. The average molecular weight is 516 g/mol. The summed E-state index contributed by atoms with van der Waals surface area (Å²) in [4.78, 5) is 19.9. The number of hydrogen-bond acceptors (Lipinski definition) is 3. The average Bonchev–Trinajstić information content (AvgIpc) is 3.46. The van der Waals surface area contributed by atoms with Crippen LogP contribution in [0.1, 0.15) is 47.7 Å². The summed E-state index contributed by atoms with van der Waals surface area (Å²) in [5, 5.41) is 0.802. The van der Waals surface area contributed by atoms with Crippen LogP contribution >= 0.6 is 11.6 Å². The Morgan fingerprint density at radius 2 is 1.70 bits per heavy atom. The van der Waals surface area contributed by atoms with Crippen LogP contribution in [0.15, 0.2) is 66.7 Å². The SMILES string of the molecule is Cc1cc(OCCCCn2c(C3CC(=O)N(CCc4ccccc4)C3)nc3ccccc32)cc(C)c1Cl. The normalized spacial score (nSPS) is 15.6. The van der Waals surface area contributed by atoms with E-state index in [9.17, 15) is 4.79 Å². The van der Waals surface area contributed by atoms with E-state index < -0.39 is 0 Å². The molecule has 6 heteroatoms. The Labute approximate surface area is 224 Å². The minimum absolute atomic E-state index is 0.118. The Hall–Kier alpha value is -3.31. The van der Waals surface area contributed by atoms with E-state index in [0.29, 0.717) is 13.0 Å². The summed E-state index contributed by atoms with van der Waals surface area (Å²) in [5.74, 6) is 2.24. The fourth-order valence-corrected chi connectivity index (χ4v) is 5.37. The second-order valence-corrected chi connectivity index (χ2v) is 10.4. The van der Waals surface area contributed by atoms with Gasteiger partial charge in [-0.1, -0.05) is 54.1 Å². The lowest BCUT2D eigenvalue weighted by Gasteiger charge is -2.17. The maximum atomic E-state index is 12.9. The van der Waals surface area contributed by atoms with Crippen molar-refractivity contribution in [2.45, 2.75) is 52.0 Å². The molecule has 0 N–H and O–H groups in total. The summed E-state index contributed by atoms with van der Waals surface area (Å²) in [6.45, 7) is 6.99. The van der Waals surface area contributed by atoms with Crippen LogP contribution in [-0.4, -0.2) is 40.1 Å². The lowest BCUT2D eigenvalue weighted by Crippen LogP contribution is -2.27. The van der Waals surface area contributed by atoms with Gasteiger partial charge in [0.15, 0.2) is 0 Å². The monoisotopic (exact) mass is 515 g/mol. The van der Waals surface area contributed by atoms with Crippen molar-refractivity contribution < 1.29 is 9.53 Å². The Bertz CT molecular complexity index is 1360. The maximum absolute atomic E-state index is 12.9. The third-order valence-corrected chi connectivity index (χ3v) is 7.83. The molecule has 1 atom stereocenters. The highest BCUT2D eigenvalue weighted by Gasteiger charge is 2.33. The van der Waals surface area contributed by atoms with Crippen molar-refractivity contribution in [2.75, 3.05) is 19.7 Å². The molecule has 1 aromatic heterocycles. The first-order valence-corrected chi connectivity index (χ1v) is 13.5. The standard InChI is InChI=1S/C31H34ClN3O2/c1-22-18-26(19-23(2)30(22)32)37-17-9-8-15-35-28-13-7-6-12-27(28)33-31(35)25-20-29(36)34(21-25)16-14-24-10-4-3-5-11-24/h3-7,10-13,18-19,25H,8-9,14-17,20-21H2,1-2H3. The van der Waals surface area contributed by atoms with E-state index >= 15 is 0 Å². The molecule has 1 aliphatic heterocycles. The number of rotatable bonds is 10. The molecule has 4 aromatic rings. The predicted molar refractivity (Wildman–Crippen MR) is 149 cm³/mol. The number of amides is 1. The smallest absolute Gasteiger partial charge is 0.223 e. The zero-order chi connectivity index (χ0) is 25.8. The minimum Gasteiger partial charge on any atom is -0.494 e. The van der Waals surface area contributed by atoms with Crippen molar-refractivity contribution in [3.05, 3.63) is 94.3 Å². The Kier molecular flexibility index (Phi) is 7.80. The van der Waals surface area contributed by atoms with Gasteiger partial charge < -0.3 is 14.2 Å². The molecule has 2 heterocycles. The fourth-order valence-electron chi connectivity index (χ4n) is 5.26. The number of benzene rings is 3. The molecule has 0 bridgehead atoms. The zero-order valence-electron chi connectivity index (χ0n) is 21.6. The molecule has 5 rings (SSSR count). The van der Waals surface area contributed by atoms with E-state index in [-0.39, 0.29) is 11.8 Å². The van der Waals surface area contributed by atoms with E-state index in [1.165, 1.54) is 5.56 Å². The minimum atomic E-state index is 0.118. The van der Waals surface area contributed by atoms with Gasteiger partial charge in [-0.25, -0.2) is 4.98 Å². The molecule has 0 aliphatic carbocycles. The summed E-state index contributed by atoms with van der Waals surface area (Å²) >= 11 is 6.28. The summed E-state index contributed by atoms with van der Waals surface area (Å²) in [6, 6.07) is 22.6. The van der Waals surface area contributed by atoms with Crippen molar-refractivity contribution in [3.8, 4) is 5.75 Å². The molecule has 5 nitrogen and oxygen atoms in total. The summed E-state index contributed by atoms with van der Waals surface area (Å²) < 4.78 is 8.34. The highest BCUT2D eigenvalue weighted by Crippen LogP contribution is 2.31. The summed E-state index contributed by atoms with van der Waals surface area (Å²) in [6.07, 6.45) is 3.30. The molecule has 1 unspecified atom stereocenters. The lowest BCUT2D eigenvalue weighted by molar-refractivity contribution is -0.127. The van der Waals surface area contributed by atoms with Crippen LogP contribution in [0.3, 0.4) is 0 Å². The van der Waals surface area contributed by atoms with Crippen LogP contribution in [-0.2, 0) is 17.8 Å². The molecule has 1 amide bonds. The van der Waals surface area contributed by atoms with E-state index in [0.717, 1.165) is 77.7 Å². The van der Waals surface area contributed by atoms with Crippen LogP contribution in [0.2, 0.25) is 5.02 Å². The predicted octanol–water partition coefficient (Wildman–Crippen LogP) is 6.72. The van der Waals surface area contributed by atoms with Gasteiger partial charge in [0.05, 0.1) is 17.6 Å². The van der Waals surface area contributed by atoms with Gasteiger partial charge in [0, 0.05) is 37.0 Å². The number of hydrogen-bond donors (Lipinski definition) is 0. The first kappa shape index (κ1) is 25.3. The van der Waals surface area contributed by atoms with Crippen LogP contribution in [0.5, 0.6) is 5.75 Å². The number of carbonyl (C=O) groups excluding carboxylic acids is 1. The van der Waals surface area contributed by atoms with Crippen LogP contribution in [0.25, 0.3) is 11.0 Å². The molecule has 192 valence electrons. The third kappa shape index (κ3) is 5.83. The first-order valence-electron chi connectivity index (χ1n) is 13.2. The van der Waals surface area contributed by atoms with Gasteiger partial charge in [0.1, 0.15) is 11.6 Å². The molecule has 1 saturated heterocycles. The van der Waals surface area contributed by atoms with Crippen molar-refractivity contribution >= 4 is 28.5 Å². The molecule has 0 radical (unpaired) electrons. The molecular weight excluding hydrogens is 482 g/mol. The first-order chi connectivity index (χ1) is 18.0. The van der Waals surface area contributed by atoms with Crippen LogP contribution < -0.4 is 4.74 Å². The molecule has 0 spiro atoms. The van der Waals surface area contributed by atoms with E-state index in [4.69, 9.17) is 21.3 Å². The Morgan fingerprint density at radius 3 is 2.49 bits per heavy atom. The number of unbranched alkanes of at least 4 members (excludes halogenated alkanes) is 1. The zero-order valence-corrected chi connectivity index (χ0v) is 22.4. The summed E-state index contributed by atoms with van der Waals surface area (Å²) in [5.41, 5.74) is 5.47. The molecule has 1 aliphatic rings. The van der Waals surface area contributed by atoms with Crippen molar-refractivity contribution in [1.29, 1.82) is 0 Å². The van der Waals surface area contributed by atoms with Crippen molar-refractivity contribution in [3.63, 3.8) is 0 Å². The number of ether oxygens (including phenoxy) is 1. The van der Waals surface area contributed by atoms with Gasteiger partial charge in [-0.05, 0) is 74.1 Å². The van der Waals surface area contributed by atoms with Gasteiger partial charge in [-0.3, -0.25) is 4.79 Å². The van der Waals surface area contributed by atoms with Gasteiger partial charge in [0.2, 0.25) is 5.91 Å². The number of aromatic nitrogens is 2. The summed E-state index contributed by atoms with van der Waals surface area (Å²) in [7, 11) is 0. The largest absolute Gasteiger partial charge is 0.494 e. The van der Waals surface area contributed by atoms with E-state index in [1.54, 1.807) is 0 Å². The molecule has 37 heavy (non-hydrogen) atoms. The van der Waals surface area contributed by atoms with Crippen LogP contribution in [0.4, 0.5) is 0 Å². The van der Waals surface area contributed by atoms with Gasteiger partial charge in [-0.2, -0.15) is 0 Å². The van der Waals surface area contributed by atoms with Gasteiger partial charge in [-0.15, -0.1) is 0 Å². The number of imidazole rings is 1. The number of aryl methyl sites for hydroxylation is 3. The molecule has 1 fully saturated rings. The van der Waals surface area contributed by atoms with Crippen LogP contribution in [0, 0.1) is 13.8 Å². The number of likely N-dealkylation sites (tertiary alicyclic amines) is 1. The molecular formula is C31H34ClN3O2. The lowest BCUT2D eigenvalue weighted by atomic mass is 10.1. The number of para-hydroxylation sites is 2. The third-order valence-electron chi connectivity index (χ3n) is 7.23. The quantitative estimate of drug-likeness (QED) is 0.220. The molecule has 3 aromatic carbocycles. The number of halogens is 1. The second-order valence-electron chi connectivity index (χ2n) is 10.0. The highest BCUT2D eigenvalue weighted by molar-refractivity contribution is 6.32. The number of nitrogens with zero attached hydrogens (tertiary/aromatic N) is 3. The van der Waals surface area contributed by atoms with Gasteiger partial charge >= 0.3 is 0 Å². The Balaban J connectivity index is 1.22.